The summed E-state index contributed by atoms with van der Waals surface area (Å²) in [5.41, 5.74) is 2.14. The van der Waals surface area contributed by atoms with E-state index in [1.54, 1.807) is 11.8 Å². The van der Waals surface area contributed by atoms with Gasteiger partial charge in [0.2, 0.25) is 0 Å². The Balaban J connectivity index is 2.16. The van der Waals surface area contributed by atoms with Gasteiger partial charge < -0.3 is 14.6 Å². The number of aromatic nitrogens is 3. The summed E-state index contributed by atoms with van der Waals surface area (Å²) >= 11 is 0. The molecule has 0 aliphatic carbocycles. The van der Waals surface area contributed by atoms with E-state index in [0.29, 0.717) is 12.3 Å². The quantitative estimate of drug-likeness (QED) is 0.754. The van der Waals surface area contributed by atoms with Crippen LogP contribution in [-0.4, -0.2) is 33.8 Å². The normalized spacial score (nSPS) is 10.8. The molecule has 0 radical (unpaired) electrons. The number of methoxy groups -OCH3 is 1. The maximum absolute atomic E-state index is 9.28. The molecule has 0 saturated carbocycles. The fourth-order valence-electron chi connectivity index (χ4n) is 1.96. The van der Waals surface area contributed by atoms with Gasteiger partial charge in [-0.2, -0.15) is 0 Å². The van der Waals surface area contributed by atoms with Gasteiger partial charge in [0.05, 0.1) is 31.2 Å². The van der Waals surface area contributed by atoms with Crippen molar-refractivity contribution in [3.8, 4) is 11.4 Å². The topological polar surface area (TPSA) is 69.4 Å². The summed E-state index contributed by atoms with van der Waals surface area (Å²) in [4.78, 5) is 0. The smallest absolute Gasteiger partial charge is 0.119 e. The first-order chi connectivity index (χ1) is 10.3. The molecular weight excluding hydrogens is 270 g/mol. The lowest BCUT2D eigenvalue weighted by molar-refractivity contribution is 0.175. The summed E-state index contributed by atoms with van der Waals surface area (Å²) in [5, 5.41) is 17.3. The summed E-state index contributed by atoms with van der Waals surface area (Å²) in [6.07, 6.45) is 2.16. The predicted molar refractivity (Wildman–Crippen MR) is 78.4 cm³/mol. The second-order valence-corrected chi connectivity index (χ2v) is 4.68. The Bertz CT molecular complexity index is 552. The van der Waals surface area contributed by atoms with Gasteiger partial charge in [0.15, 0.2) is 0 Å². The first-order valence-electron chi connectivity index (χ1n) is 7.06. The molecule has 1 aromatic heterocycles. The number of aliphatic hydroxyl groups is 1. The lowest BCUT2D eigenvalue weighted by Crippen LogP contribution is -2.05. The van der Waals surface area contributed by atoms with Crippen molar-refractivity contribution < 1.29 is 14.6 Å². The molecule has 6 heteroatoms. The molecule has 0 spiro atoms. The van der Waals surface area contributed by atoms with E-state index in [2.05, 4.69) is 17.2 Å². The Morgan fingerprint density at radius 1 is 1.24 bits per heavy atom. The van der Waals surface area contributed by atoms with E-state index in [1.165, 1.54) is 0 Å². The SMILES string of the molecule is CCCCOc1ccc(-n2nnc(CO)c2COC)cc1. The predicted octanol–water partition coefficient (Wildman–Crippen LogP) is 2.08. The van der Waals surface area contributed by atoms with E-state index < -0.39 is 0 Å². The van der Waals surface area contributed by atoms with E-state index in [-0.39, 0.29) is 6.61 Å². The Morgan fingerprint density at radius 3 is 2.62 bits per heavy atom. The Kier molecular flexibility index (Phi) is 5.71. The van der Waals surface area contributed by atoms with Crippen LogP contribution in [0.25, 0.3) is 5.69 Å². The van der Waals surface area contributed by atoms with Crippen LogP contribution >= 0.6 is 0 Å². The summed E-state index contributed by atoms with van der Waals surface area (Å²) < 4.78 is 12.4. The lowest BCUT2D eigenvalue weighted by atomic mass is 10.2. The Labute approximate surface area is 124 Å². The summed E-state index contributed by atoms with van der Waals surface area (Å²) in [5.74, 6) is 0.836. The minimum atomic E-state index is -0.156. The van der Waals surface area contributed by atoms with Gasteiger partial charge in [-0.15, -0.1) is 5.10 Å². The molecule has 0 fully saturated rings. The van der Waals surface area contributed by atoms with Crippen molar-refractivity contribution in [3.05, 3.63) is 35.7 Å². The minimum Gasteiger partial charge on any atom is -0.494 e. The lowest BCUT2D eigenvalue weighted by Gasteiger charge is -2.09. The van der Waals surface area contributed by atoms with Crippen molar-refractivity contribution in [2.45, 2.75) is 33.0 Å². The highest BCUT2D eigenvalue weighted by Gasteiger charge is 2.13. The van der Waals surface area contributed by atoms with Crippen molar-refractivity contribution in [2.75, 3.05) is 13.7 Å². The van der Waals surface area contributed by atoms with E-state index in [9.17, 15) is 5.11 Å². The van der Waals surface area contributed by atoms with Gasteiger partial charge >= 0.3 is 0 Å². The van der Waals surface area contributed by atoms with Crippen LogP contribution in [0.15, 0.2) is 24.3 Å². The number of rotatable bonds is 8. The highest BCUT2D eigenvalue weighted by molar-refractivity contribution is 5.38. The largest absolute Gasteiger partial charge is 0.494 e. The second kappa shape index (κ2) is 7.75. The van der Waals surface area contributed by atoms with Crippen molar-refractivity contribution >= 4 is 0 Å². The van der Waals surface area contributed by atoms with Crippen LogP contribution in [0.3, 0.4) is 0 Å². The third kappa shape index (κ3) is 3.80. The summed E-state index contributed by atoms with van der Waals surface area (Å²) in [6.45, 7) is 3.05. The molecule has 21 heavy (non-hydrogen) atoms. The number of benzene rings is 1. The van der Waals surface area contributed by atoms with Gasteiger partial charge in [0, 0.05) is 7.11 Å². The molecule has 2 rings (SSSR count). The van der Waals surface area contributed by atoms with E-state index in [1.807, 2.05) is 24.3 Å². The summed E-state index contributed by atoms with van der Waals surface area (Å²) in [7, 11) is 1.60. The van der Waals surface area contributed by atoms with Gasteiger partial charge in [-0.3, -0.25) is 0 Å². The zero-order valence-electron chi connectivity index (χ0n) is 12.5. The zero-order valence-corrected chi connectivity index (χ0v) is 12.5. The molecule has 2 aromatic rings. The molecule has 0 aliphatic rings. The first-order valence-corrected chi connectivity index (χ1v) is 7.06. The van der Waals surface area contributed by atoms with Crippen molar-refractivity contribution in [1.82, 2.24) is 15.0 Å². The second-order valence-electron chi connectivity index (χ2n) is 4.68. The number of nitrogens with zero attached hydrogens (tertiary/aromatic N) is 3. The van der Waals surface area contributed by atoms with Gasteiger partial charge in [-0.1, -0.05) is 18.6 Å². The third-order valence-corrected chi connectivity index (χ3v) is 3.12. The van der Waals surface area contributed by atoms with E-state index in [0.717, 1.165) is 36.6 Å². The molecule has 1 N–H and O–H groups in total. The fraction of sp³-hybridized carbons (Fsp3) is 0.467. The van der Waals surface area contributed by atoms with Crippen molar-refractivity contribution in [3.63, 3.8) is 0 Å². The maximum Gasteiger partial charge on any atom is 0.119 e. The summed E-state index contributed by atoms with van der Waals surface area (Å²) in [6, 6.07) is 7.64. The molecule has 0 aliphatic heterocycles. The van der Waals surface area contributed by atoms with Gasteiger partial charge in [-0.25, -0.2) is 4.68 Å². The van der Waals surface area contributed by atoms with Crippen LogP contribution in [0, 0.1) is 0 Å². The molecule has 0 bridgehead atoms. The number of aliphatic hydroxyl groups excluding tert-OH is 1. The average molecular weight is 291 g/mol. The molecule has 6 nitrogen and oxygen atoms in total. The minimum absolute atomic E-state index is 0.156. The monoisotopic (exact) mass is 291 g/mol. The standard InChI is InChI=1S/C15H21N3O3/c1-3-4-9-21-13-7-5-12(6-8-13)18-15(11-20-2)14(10-19)16-17-18/h5-8,19H,3-4,9-11H2,1-2H3. The van der Waals surface area contributed by atoms with Crippen LogP contribution < -0.4 is 4.74 Å². The molecule has 1 heterocycles. The Morgan fingerprint density at radius 2 is 2.00 bits per heavy atom. The molecule has 0 saturated heterocycles. The Hall–Kier alpha value is -1.92. The van der Waals surface area contributed by atoms with Crippen LogP contribution in [-0.2, 0) is 18.0 Å². The highest BCUT2D eigenvalue weighted by atomic mass is 16.5. The molecule has 114 valence electrons. The van der Waals surface area contributed by atoms with Crippen LogP contribution in [0.5, 0.6) is 5.75 Å². The van der Waals surface area contributed by atoms with E-state index in [4.69, 9.17) is 9.47 Å². The molecule has 1 aromatic carbocycles. The van der Waals surface area contributed by atoms with Gasteiger partial charge in [-0.05, 0) is 30.7 Å². The van der Waals surface area contributed by atoms with E-state index >= 15 is 0 Å². The van der Waals surface area contributed by atoms with Crippen LogP contribution in [0.2, 0.25) is 0 Å². The zero-order chi connectivity index (χ0) is 15.1. The molecular formula is C15H21N3O3. The first kappa shape index (κ1) is 15.5. The highest BCUT2D eigenvalue weighted by Crippen LogP contribution is 2.18. The average Bonchev–Trinajstić information content (AvgIpc) is 2.91. The number of hydrogen-bond donors (Lipinski definition) is 1. The van der Waals surface area contributed by atoms with Crippen LogP contribution in [0.4, 0.5) is 0 Å². The van der Waals surface area contributed by atoms with Gasteiger partial charge in [0.1, 0.15) is 11.4 Å². The number of ether oxygens (including phenoxy) is 2. The molecule has 0 unspecified atom stereocenters. The fourth-order valence-corrected chi connectivity index (χ4v) is 1.96. The van der Waals surface area contributed by atoms with Gasteiger partial charge in [0.25, 0.3) is 0 Å². The third-order valence-electron chi connectivity index (χ3n) is 3.12. The van der Waals surface area contributed by atoms with Crippen LogP contribution in [0.1, 0.15) is 31.2 Å². The number of hydrogen-bond acceptors (Lipinski definition) is 5. The van der Waals surface area contributed by atoms with Crippen molar-refractivity contribution in [2.24, 2.45) is 0 Å². The molecule has 0 amide bonds. The van der Waals surface area contributed by atoms with Crippen molar-refractivity contribution in [1.29, 1.82) is 0 Å². The number of unbranched alkanes of at least 4 members (excludes halogenated alkanes) is 1. The maximum atomic E-state index is 9.28. The molecule has 0 atom stereocenters.